The first-order valence-electron chi connectivity index (χ1n) is 7.42. The molecule has 0 radical (unpaired) electrons. The Morgan fingerprint density at radius 2 is 2.26 bits per heavy atom. The molecule has 0 fully saturated rings. The molecule has 1 heterocycles. The van der Waals surface area contributed by atoms with Crippen LogP contribution in [0.3, 0.4) is 0 Å². The summed E-state index contributed by atoms with van der Waals surface area (Å²) in [5.41, 5.74) is 1.83. The maximum atomic E-state index is 11.0. The van der Waals surface area contributed by atoms with Gasteiger partial charge in [0.05, 0.1) is 6.04 Å². The zero-order valence-electron chi connectivity index (χ0n) is 13.4. The smallest absolute Gasteiger partial charge is 0.308 e. The largest absolute Gasteiger partial charge is 0.427 e. The number of carbonyl (C=O) groups excluding carboxylic acids is 1. The van der Waals surface area contributed by atoms with Crippen molar-refractivity contribution in [2.24, 2.45) is 9.98 Å². The van der Waals surface area contributed by atoms with E-state index in [-0.39, 0.29) is 12.0 Å². The highest BCUT2D eigenvalue weighted by Crippen LogP contribution is 2.23. The molecule has 0 saturated carbocycles. The number of halogens is 1. The molecule has 2 aliphatic rings. The molecule has 4 nitrogen and oxygen atoms in total. The van der Waals surface area contributed by atoms with E-state index in [1.165, 1.54) is 6.92 Å². The summed E-state index contributed by atoms with van der Waals surface area (Å²) in [6.45, 7) is 5.31. The van der Waals surface area contributed by atoms with Gasteiger partial charge in [-0.2, -0.15) is 0 Å². The Morgan fingerprint density at radius 3 is 2.91 bits per heavy atom. The van der Waals surface area contributed by atoms with E-state index in [1.54, 1.807) is 6.08 Å². The van der Waals surface area contributed by atoms with Gasteiger partial charge in [0, 0.05) is 18.1 Å². The molecule has 0 bridgehead atoms. The van der Waals surface area contributed by atoms with Crippen LogP contribution in [0.2, 0.25) is 0 Å². The fourth-order valence-electron chi connectivity index (χ4n) is 2.19. The van der Waals surface area contributed by atoms with Gasteiger partial charge in [-0.3, -0.25) is 9.79 Å². The average molecular weight is 331 g/mol. The summed E-state index contributed by atoms with van der Waals surface area (Å²) in [5.74, 6) is 0.801. The summed E-state index contributed by atoms with van der Waals surface area (Å²) in [5, 5.41) is 0.457. The summed E-state index contributed by atoms with van der Waals surface area (Å²) in [6.07, 6.45) is 13.7. The van der Waals surface area contributed by atoms with Crippen LogP contribution in [0.4, 0.5) is 0 Å². The molecule has 1 aliphatic heterocycles. The molecule has 0 amide bonds. The zero-order chi connectivity index (χ0) is 16.8. The Labute approximate surface area is 141 Å². The molecule has 23 heavy (non-hydrogen) atoms. The number of esters is 1. The summed E-state index contributed by atoms with van der Waals surface area (Å²) in [6, 6.07) is -0.0590. The molecule has 0 saturated heterocycles. The molecule has 0 N–H and O–H groups in total. The SMILES string of the molecule is C/C=C\C=C1\C(Cl)=NC(C2=CC=CC(OC(C)=O)=CC2)=NC1C. The van der Waals surface area contributed by atoms with Crippen molar-refractivity contribution in [3.05, 3.63) is 59.4 Å². The predicted octanol–water partition coefficient (Wildman–Crippen LogP) is 4.26. The first kappa shape index (κ1) is 17.2. The van der Waals surface area contributed by atoms with Gasteiger partial charge >= 0.3 is 5.97 Å². The average Bonchev–Trinajstić information content (AvgIpc) is 2.71. The van der Waals surface area contributed by atoms with E-state index < -0.39 is 0 Å². The Kier molecular flexibility index (Phi) is 5.88. The van der Waals surface area contributed by atoms with Gasteiger partial charge in [0.25, 0.3) is 0 Å². The number of hydrogen-bond donors (Lipinski definition) is 0. The molecule has 5 heteroatoms. The number of carbonyl (C=O) groups is 1. The first-order valence-corrected chi connectivity index (χ1v) is 7.80. The molecule has 1 aliphatic carbocycles. The molecular weight excluding hydrogens is 312 g/mol. The minimum Gasteiger partial charge on any atom is -0.427 e. The van der Waals surface area contributed by atoms with Crippen LogP contribution in [0.15, 0.2) is 69.4 Å². The number of hydrogen-bond acceptors (Lipinski definition) is 4. The Hall–Kier alpha value is -2.20. The Balaban J connectivity index is 2.21. The van der Waals surface area contributed by atoms with Gasteiger partial charge in [-0.15, -0.1) is 0 Å². The fraction of sp³-hybridized carbons (Fsp3) is 0.278. The molecule has 0 aromatic rings. The lowest BCUT2D eigenvalue weighted by Gasteiger charge is -2.18. The minimum atomic E-state index is -0.340. The molecule has 120 valence electrons. The normalized spacial score (nSPS) is 23.1. The standard InChI is InChI=1S/C18H19ClN2O2/c1-4-5-9-16-12(2)20-18(21-17(16)19)14-7-6-8-15(11-10-14)23-13(3)22/h4-9,11-12H,10H2,1-3H3/b5-4-,16-9+. The molecule has 1 unspecified atom stereocenters. The van der Waals surface area contributed by atoms with E-state index in [0.29, 0.717) is 23.2 Å². The highest BCUT2D eigenvalue weighted by molar-refractivity contribution is 6.70. The van der Waals surface area contributed by atoms with Crippen LogP contribution in [0.1, 0.15) is 27.2 Å². The highest BCUT2D eigenvalue weighted by atomic mass is 35.5. The second kappa shape index (κ2) is 7.88. The van der Waals surface area contributed by atoms with Crippen LogP contribution < -0.4 is 0 Å². The summed E-state index contributed by atoms with van der Waals surface area (Å²) >= 11 is 6.30. The van der Waals surface area contributed by atoms with Crippen molar-refractivity contribution in [2.75, 3.05) is 0 Å². The van der Waals surface area contributed by atoms with Crippen molar-refractivity contribution < 1.29 is 9.53 Å². The molecule has 1 atom stereocenters. The topological polar surface area (TPSA) is 51.0 Å². The van der Waals surface area contributed by atoms with Crippen LogP contribution in [0.25, 0.3) is 0 Å². The molecule has 2 rings (SSSR count). The third-order valence-electron chi connectivity index (χ3n) is 3.31. The zero-order valence-corrected chi connectivity index (χ0v) is 14.2. The third-order valence-corrected chi connectivity index (χ3v) is 3.61. The van der Waals surface area contributed by atoms with Crippen LogP contribution in [0, 0.1) is 0 Å². The lowest BCUT2D eigenvalue weighted by atomic mass is 10.1. The van der Waals surface area contributed by atoms with Crippen LogP contribution >= 0.6 is 11.6 Å². The summed E-state index contributed by atoms with van der Waals surface area (Å²) in [4.78, 5) is 20.1. The summed E-state index contributed by atoms with van der Waals surface area (Å²) < 4.78 is 5.09. The second-order valence-corrected chi connectivity index (χ2v) is 5.49. The molecular formula is C18H19ClN2O2. The fourth-order valence-corrected chi connectivity index (χ4v) is 2.49. The van der Waals surface area contributed by atoms with Crippen molar-refractivity contribution >= 4 is 28.6 Å². The van der Waals surface area contributed by atoms with Gasteiger partial charge in [0.1, 0.15) is 10.9 Å². The first-order chi connectivity index (χ1) is 11.0. The van der Waals surface area contributed by atoms with Gasteiger partial charge in [0.2, 0.25) is 0 Å². The van der Waals surface area contributed by atoms with Crippen molar-refractivity contribution in [3.63, 3.8) is 0 Å². The quantitative estimate of drug-likeness (QED) is 0.726. The van der Waals surface area contributed by atoms with Gasteiger partial charge < -0.3 is 4.74 Å². The van der Waals surface area contributed by atoms with Crippen LogP contribution in [-0.4, -0.2) is 23.0 Å². The van der Waals surface area contributed by atoms with Crippen LogP contribution in [-0.2, 0) is 9.53 Å². The van der Waals surface area contributed by atoms with E-state index in [0.717, 1.165) is 11.1 Å². The van der Waals surface area contributed by atoms with Crippen LogP contribution in [0.5, 0.6) is 0 Å². The number of rotatable bonds is 3. The Bertz CT molecular complexity index is 707. The van der Waals surface area contributed by atoms with Crippen molar-refractivity contribution in [1.82, 2.24) is 0 Å². The van der Waals surface area contributed by atoms with Crippen molar-refractivity contribution in [2.45, 2.75) is 33.2 Å². The van der Waals surface area contributed by atoms with E-state index >= 15 is 0 Å². The van der Waals surface area contributed by atoms with Gasteiger partial charge in [0.15, 0.2) is 5.84 Å². The van der Waals surface area contributed by atoms with Crippen molar-refractivity contribution in [1.29, 1.82) is 0 Å². The molecule has 0 aromatic carbocycles. The number of aliphatic imine (C=N–C) groups is 2. The van der Waals surface area contributed by atoms with Crippen molar-refractivity contribution in [3.8, 4) is 0 Å². The van der Waals surface area contributed by atoms with Gasteiger partial charge in [-0.1, -0.05) is 42.0 Å². The maximum Gasteiger partial charge on any atom is 0.308 e. The number of nitrogens with zero attached hydrogens (tertiary/aromatic N) is 2. The monoisotopic (exact) mass is 330 g/mol. The molecule has 0 aromatic heterocycles. The Morgan fingerprint density at radius 1 is 1.48 bits per heavy atom. The predicted molar refractivity (Wildman–Crippen MR) is 94.8 cm³/mol. The number of allylic oxidation sites excluding steroid dienone is 7. The van der Waals surface area contributed by atoms with Gasteiger partial charge in [-0.25, -0.2) is 4.99 Å². The minimum absolute atomic E-state index is 0.0590. The summed E-state index contributed by atoms with van der Waals surface area (Å²) in [7, 11) is 0. The highest BCUT2D eigenvalue weighted by Gasteiger charge is 2.20. The van der Waals surface area contributed by atoms with E-state index in [4.69, 9.17) is 16.3 Å². The van der Waals surface area contributed by atoms with E-state index in [2.05, 4.69) is 9.98 Å². The van der Waals surface area contributed by atoms with E-state index in [9.17, 15) is 4.79 Å². The lowest BCUT2D eigenvalue weighted by molar-refractivity contribution is -0.136. The van der Waals surface area contributed by atoms with E-state index in [1.807, 2.05) is 50.3 Å². The molecule has 0 spiro atoms. The maximum absolute atomic E-state index is 11.0. The number of ether oxygens (including phenoxy) is 1. The number of amidine groups is 1. The van der Waals surface area contributed by atoms with Gasteiger partial charge in [-0.05, 0) is 32.4 Å². The third kappa shape index (κ3) is 4.63. The lowest BCUT2D eigenvalue weighted by Crippen LogP contribution is -2.19. The second-order valence-electron chi connectivity index (χ2n) is 5.13.